The molecular formula is C25H16I2N2O3. The number of imide groups is 1. The molecule has 4 aliphatic rings. The van der Waals surface area contributed by atoms with E-state index in [1.165, 1.54) is 6.21 Å². The molecule has 7 rings (SSSR count). The molecule has 32 heavy (non-hydrogen) atoms. The number of phenols is 1. The van der Waals surface area contributed by atoms with Crippen LogP contribution >= 0.6 is 45.2 Å². The van der Waals surface area contributed by atoms with Crippen LogP contribution in [-0.4, -0.2) is 28.1 Å². The van der Waals surface area contributed by atoms with Crippen LogP contribution in [0, 0.1) is 19.0 Å². The number of hydrogen-bond donors (Lipinski definition) is 1. The lowest BCUT2D eigenvalue weighted by Crippen LogP contribution is -2.41. The molecule has 1 heterocycles. The van der Waals surface area contributed by atoms with Gasteiger partial charge < -0.3 is 5.11 Å². The molecule has 7 heteroatoms. The molecule has 158 valence electrons. The number of aromatic hydroxyl groups is 1. The summed E-state index contributed by atoms with van der Waals surface area (Å²) in [5.74, 6) is -1.40. The van der Waals surface area contributed by atoms with Gasteiger partial charge in [0.05, 0.1) is 25.2 Å². The van der Waals surface area contributed by atoms with Crippen LogP contribution in [0.15, 0.2) is 65.8 Å². The minimum Gasteiger partial charge on any atom is -0.506 e. The first-order valence-corrected chi connectivity index (χ1v) is 12.4. The van der Waals surface area contributed by atoms with Crippen molar-refractivity contribution >= 4 is 63.2 Å². The number of phenolic OH excluding ortho intramolecular Hbond substituents is 1. The van der Waals surface area contributed by atoms with Crippen LogP contribution in [0.25, 0.3) is 0 Å². The second kappa shape index (κ2) is 7.38. The van der Waals surface area contributed by atoms with E-state index in [9.17, 15) is 14.7 Å². The van der Waals surface area contributed by atoms with E-state index >= 15 is 0 Å². The van der Waals surface area contributed by atoms with Crippen molar-refractivity contribution in [2.24, 2.45) is 16.9 Å². The summed E-state index contributed by atoms with van der Waals surface area (Å²) in [5, 5.41) is 15.4. The summed E-state index contributed by atoms with van der Waals surface area (Å²) in [5.41, 5.74) is 5.31. The van der Waals surface area contributed by atoms with Crippen molar-refractivity contribution in [2.45, 2.75) is 11.8 Å². The van der Waals surface area contributed by atoms with E-state index in [0.29, 0.717) is 7.14 Å². The molecular weight excluding hydrogens is 630 g/mol. The minimum atomic E-state index is -0.436. The normalized spacial score (nSPS) is 25.2. The van der Waals surface area contributed by atoms with Crippen molar-refractivity contribution in [1.29, 1.82) is 0 Å². The first-order valence-electron chi connectivity index (χ1n) is 10.2. The number of hydrazone groups is 1. The molecule has 5 nitrogen and oxygen atoms in total. The molecule has 2 bridgehead atoms. The highest BCUT2D eigenvalue weighted by Gasteiger charge is 2.61. The van der Waals surface area contributed by atoms with Crippen LogP contribution in [0.1, 0.15) is 39.7 Å². The zero-order valence-corrected chi connectivity index (χ0v) is 20.9. The Labute approximate surface area is 211 Å². The maximum Gasteiger partial charge on any atom is 0.254 e. The van der Waals surface area contributed by atoms with Crippen molar-refractivity contribution in [3.63, 3.8) is 0 Å². The smallest absolute Gasteiger partial charge is 0.254 e. The quantitative estimate of drug-likeness (QED) is 0.247. The number of carbonyl (C=O) groups excluding carboxylic acids is 2. The largest absolute Gasteiger partial charge is 0.506 e. The number of hydrogen-bond acceptors (Lipinski definition) is 4. The third-order valence-corrected chi connectivity index (χ3v) is 8.43. The molecule has 0 unspecified atom stereocenters. The SMILES string of the molecule is O=C1[C@@H]2C3c4ccccc4C(c4ccccc43)[C@@H]2C(=O)N1/N=C\c1cc(I)c(O)c(I)c1. The maximum absolute atomic E-state index is 13.5. The molecule has 0 saturated carbocycles. The van der Waals surface area contributed by atoms with Gasteiger partial charge in [0.25, 0.3) is 11.8 Å². The summed E-state index contributed by atoms with van der Waals surface area (Å²) in [6.45, 7) is 0. The van der Waals surface area contributed by atoms with Crippen molar-refractivity contribution in [3.8, 4) is 5.75 Å². The molecule has 1 N–H and O–H groups in total. The van der Waals surface area contributed by atoms with Gasteiger partial charge in [0, 0.05) is 11.8 Å². The molecule has 3 aliphatic carbocycles. The van der Waals surface area contributed by atoms with Gasteiger partial charge in [-0.1, -0.05) is 48.5 Å². The fourth-order valence-corrected chi connectivity index (χ4v) is 7.38. The van der Waals surface area contributed by atoms with Crippen LogP contribution in [0.3, 0.4) is 0 Å². The van der Waals surface area contributed by atoms with E-state index in [2.05, 4.69) is 29.4 Å². The third-order valence-electron chi connectivity index (χ3n) is 6.79. The van der Waals surface area contributed by atoms with Gasteiger partial charge in [-0.3, -0.25) is 9.59 Å². The molecule has 2 amide bonds. The Morgan fingerprint density at radius 2 is 1.19 bits per heavy atom. The standard InChI is InChI=1S/C25H16I2N2O3/c26-17-9-12(10-18(27)23(17)30)11-28-29-24(31)21-19-13-5-1-2-6-14(13)20(22(21)25(29)32)16-8-4-3-7-15(16)19/h1-11,19-22,30H/b28-11-/t19?,20?,21-,22+. The Hall–Kier alpha value is -2.27. The fraction of sp³-hybridized carbons (Fsp3) is 0.160. The van der Waals surface area contributed by atoms with Gasteiger partial charge in [-0.15, -0.1) is 0 Å². The summed E-state index contributed by atoms with van der Waals surface area (Å²) < 4.78 is 1.38. The average molecular weight is 646 g/mol. The second-order valence-electron chi connectivity index (χ2n) is 8.33. The zero-order valence-electron chi connectivity index (χ0n) is 16.6. The Balaban J connectivity index is 1.43. The topological polar surface area (TPSA) is 70.0 Å². The predicted octanol–water partition coefficient (Wildman–Crippen LogP) is 4.83. The zero-order chi connectivity index (χ0) is 22.1. The van der Waals surface area contributed by atoms with Crippen molar-refractivity contribution in [3.05, 3.63) is 95.6 Å². The molecule has 0 radical (unpaired) electrons. The maximum atomic E-state index is 13.5. The van der Waals surface area contributed by atoms with Gasteiger partial charge in [-0.05, 0) is 85.1 Å². The van der Waals surface area contributed by atoms with Crippen LogP contribution in [0.4, 0.5) is 0 Å². The van der Waals surface area contributed by atoms with Crippen molar-refractivity contribution in [2.75, 3.05) is 0 Å². The van der Waals surface area contributed by atoms with Gasteiger partial charge in [-0.2, -0.15) is 10.1 Å². The monoisotopic (exact) mass is 646 g/mol. The predicted molar refractivity (Wildman–Crippen MR) is 137 cm³/mol. The average Bonchev–Trinajstić information content (AvgIpc) is 3.06. The van der Waals surface area contributed by atoms with E-state index in [1.807, 2.05) is 69.4 Å². The van der Waals surface area contributed by atoms with Crippen molar-refractivity contribution < 1.29 is 14.7 Å². The molecule has 0 aromatic heterocycles. The number of carbonyl (C=O) groups is 2. The third kappa shape index (κ3) is 2.76. The van der Waals surface area contributed by atoms with Crippen LogP contribution < -0.4 is 0 Å². The first-order chi connectivity index (χ1) is 15.5. The van der Waals surface area contributed by atoms with Gasteiger partial charge in [0.1, 0.15) is 5.75 Å². The number of amides is 2. The molecule has 2 atom stereocenters. The first kappa shape index (κ1) is 20.3. The summed E-state index contributed by atoms with van der Waals surface area (Å²) in [7, 11) is 0. The van der Waals surface area contributed by atoms with Gasteiger partial charge in [0.2, 0.25) is 0 Å². The number of rotatable bonds is 2. The Morgan fingerprint density at radius 3 is 1.59 bits per heavy atom. The molecule has 3 aromatic carbocycles. The lowest BCUT2D eigenvalue weighted by Gasteiger charge is -2.45. The molecule has 1 saturated heterocycles. The van der Waals surface area contributed by atoms with Gasteiger partial charge in [0.15, 0.2) is 0 Å². The Bertz CT molecular complexity index is 1210. The highest BCUT2D eigenvalue weighted by atomic mass is 127. The van der Waals surface area contributed by atoms with Gasteiger partial charge >= 0.3 is 0 Å². The summed E-state index contributed by atoms with van der Waals surface area (Å²) in [4.78, 5) is 27.0. The van der Waals surface area contributed by atoms with E-state index in [1.54, 1.807) is 12.1 Å². The lowest BCUT2D eigenvalue weighted by molar-refractivity contribution is -0.139. The highest BCUT2D eigenvalue weighted by molar-refractivity contribution is 14.1. The van der Waals surface area contributed by atoms with E-state index in [-0.39, 0.29) is 29.4 Å². The summed E-state index contributed by atoms with van der Waals surface area (Å²) in [6.07, 6.45) is 1.53. The summed E-state index contributed by atoms with van der Waals surface area (Å²) >= 11 is 4.10. The van der Waals surface area contributed by atoms with Crippen LogP contribution in [0.5, 0.6) is 5.75 Å². The van der Waals surface area contributed by atoms with Gasteiger partial charge in [-0.25, -0.2) is 0 Å². The molecule has 0 spiro atoms. The van der Waals surface area contributed by atoms with E-state index < -0.39 is 11.8 Å². The Kier molecular flexibility index (Phi) is 4.69. The van der Waals surface area contributed by atoms with E-state index in [0.717, 1.165) is 32.8 Å². The van der Waals surface area contributed by atoms with Crippen LogP contribution in [-0.2, 0) is 9.59 Å². The minimum absolute atomic E-state index is 0.135. The Morgan fingerprint density at radius 1 is 0.781 bits per heavy atom. The molecule has 1 aliphatic heterocycles. The number of nitrogens with zero attached hydrogens (tertiary/aromatic N) is 2. The second-order valence-corrected chi connectivity index (χ2v) is 10.7. The van der Waals surface area contributed by atoms with E-state index in [4.69, 9.17) is 0 Å². The van der Waals surface area contributed by atoms with Crippen molar-refractivity contribution in [1.82, 2.24) is 5.01 Å². The highest BCUT2D eigenvalue weighted by Crippen LogP contribution is 2.60. The summed E-state index contributed by atoms with van der Waals surface area (Å²) in [6, 6.07) is 19.9. The van der Waals surface area contributed by atoms with Crippen LogP contribution in [0.2, 0.25) is 0 Å². The fourth-order valence-electron chi connectivity index (χ4n) is 5.56. The lowest BCUT2D eigenvalue weighted by atomic mass is 9.55. The number of benzene rings is 3. The molecule has 1 fully saturated rings. The molecule has 3 aromatic rings. The number of halogens is 2.